The molecular weight excluding hydrogens is 323 g/mol. The van der Waals surface area contributed by atoms with E-state index in [4.69, 9.17) is 5.73 Å². The molecule has 0 unspecified atom stereocenters. The van der Waals surface area contributed by atoms with Crippen LogP contribution in [0.5, 0.6) is 0 Å². The Bertz CT molecular complexity index is 616. The van der Waals surface area contributed by atoms with Crippen molar-refractivity contribution >= 4 is 42.1 Å². The highest BCUT2D eigenvalue weighted by molar-refractivity contribution is 5.95. The summed E-state index contributed by atoms with van der Waals surface area (Å²) in [6.07, 6.45) is 7.72. The van der Waals surface area contributed by atoms with Gasteiger partial charge in [-0.15, -0.1) is 24.8 Å². The summed E-state index contributed by atoms with van der Waals surface area (Å²) in [5, 5.41) is 0. The second kappa shape index (κ2) is 8.06. The van der Waals surface area contributed by atoms with Gasteiger partial charge in [-0.1, -0.05) is 6.07 Å². The molecule has 3 rings (SSSR count). The fraction of sp³-hybridized carbons (Fsp3) is 0.333. The number of anilines is 2. The summed E-state index contributed by atoms with van der Waals surface area (Å²) >= 11 is 0. The highest BCUT2D eigenvalue weighted by Gasteiger charge is 2.23. The fourth-order valence-electron chi connectivity index (χ4n) is 2.69. The van der Waals surface area contributed by atoms with Crippen LogP contribution in [-0.2, 0) is 17.8 Å². The number of halogens is 2. The van der Waals surface area contributed by atoms with Gasteiger partial charge in [0.2, 0.25) is 5.91 Å². The molecule has 0 saturated carbocycles. The molecule has 1 amide bonds. The van der Waals surface area contributed by atoms with Crippen molar-refractivity contribution in [3.05, 3.63) is 42.5 Å². The van der Waals surface area contributed by atoms with Crippen molar-refractivity contribution < 1.29 is 4.79 Å². The molecule has 120 valence electrons. The molecule has 22 heavy (non-hydrogen) atoms. The summed E-state index contributed by atoms with van der Waals surface area (Å²) in [5.74, 6) is 0.144. The summed E-state index contributed by atoms with van der Waals surface area (Å²) < 4.78 is 1.92. The van der Waals surface area contributed by atoms with Crippen LogP contribution in [0.4, 0.5) is 11.4 Å². The normalized spacial score (nSPS) is 12.8. The zero-order valence-electron chi connectivity index (χ0n) is 12.1. The van der Waals surface area contributed by atoms with Crippen LogP contribution in [0.25, 0.3) is 0 Å². The number of nitrogens with zero attached hydrogens (tertiary/aromatic N) is 3. The van der Waals surface area contributed by atoms with Crippen LogP contribution in [0, 0.1) is 0 Å². The van der Waals surface area contributed by atoms with Gasteiger partial charge in [0.15, 0.2) is 0 Å². The van der Waals surface area contributed by atoms with Gasteiger partial charge >= 0.3 is 0 Å². The number of amides is 1. The van der Waals surface area contributed by atoms with E-state index in [1.807, 2.05) is 33.9 Å². The van der Waals surface area contributed by atoms with Crippen LogP contribution in [0.2, 0.25) is 0 Å². The van der Waals surface area contributed by atoms with Crippen molar-refractivity contribution in [1.29, 1.82) is 0 Å². The van der Waals surface area contributed by atoms with Crippen molar-refractivity contribution in [1.82, 2.24) is 9.55 Å². The quantitative estimate of drug-likeness (QED) is 0.872. The Balaban J connectivity index is 0.00000121. The Hall–Kier alpha value is -1.72. The second-order valence-corrected chi connectivity index (χ2v) is 5.04. The molecule has 0 fully saturated rings. The Morgan fingerprint density at radius 2 is 2.14 bits per heavy atom. The molecule has 1 aliphatic rings. The van der Waals surface area contributed by atoms with Crippen LogP contribution in [0.15, 0.2) is 36.9 Å². The molecule has 2 heterocycles. The Morgan fingerprint density at radius 3 is 2.86 bits per heavy atom. The average Bonchev–Trinajstić information content (AvgIpc) is 2.98. The van der Waals surface area contributed by atoms with Crippen LogP contribution >= 0.6 is 24.8 Å². The van der Waals surface area contributed by atoms with E-state index < -0.39 is 0 Å². The third-order valence-corrected chi connectivity index (χ3v) is 3.73. The first-order chi connectivity index (χ1) is 9.75. The monoisotopic (exact) mass is 342 g/mol. The van der Waals surface area contributed by atoms with Gasteiger partial charge in [-0.05, 0) is 30.5 Å². The maximum absolute atomic E-state index is 12.4. The van der Waals surface area contributed by atoms with E-state index in [1.54, 1.807) is 12.5 Å². The van der Waals surface area contributed by atoms with Gasteiger partial charge in [-0.2, -0.15) is 0 Å². The Kier molecular flexibility index (Phi) is 6.71. The van der Waals surface area contributed by atoms with Crippen molar-refractivity contribution in [2.24, 2.45) is 0 Å². The summed E-state index contributed by atoms with van der Waals surface area (Å²) in [6, 6.07) is 5.80. The lowest BCUT2D eigenvalue weighted by Gasteiger charge is -2.30. The number of hydrogen-bond donors (Lipinski definition) is 1. The van der Waals surface area contributed by atoms with E-state index in [2.05, 4.69) is 4.98 Å². The number of carbonyl (C=O) groups is 1. The maximum atomic E-state index is 12.4. The van der Waals surface area contributed by atoms with Gasteiger partial charge in [-0.3, -0.25) is 4.79 Å². The first-order valence-electron chi connectivity index (χ1n) is 6.89. The highest BCUT2D eigenvalue weighted by Crippen LogP contribution is 2.31. The topological polar surface area (TPSA) is 64.2 Å². The van der Waals surface area contributed by atoms with Crippen LogP contribution in [-0.4, -0.2) is 22.0 Å². The molecule has 2 aromatic rings. The molecule has 0 spiro atoms. The molecule has 1 aliphatic heterocycles. The van der Waals surface area contributed by atoms with Gasteiger partial charge in [0.25, 0.3) is 0 Å². The third-order valence-electron chi connectivity index (χ3n) is 3.73. The second-order valence-electron chi connectivity index (χ2n) is 5.04. The van der Waals surface area contributed by atoms with Crippen LogP contribution < -0.4 is 10.6 Å². The van der Waals surface area contributed by atoms with Gasteiger partial charge in [0.1, 0.15) is 0 Å². The molecule has 0 radical (unpaired) electrons. The van der Waals surface area contributed by atoms with Crippen molar-refractivity contribution in [3.63, 3.8) is 0 Å². The number of rotatable bonds is 3. The van der Waals surface area contributed by atoms with E-state index >= 15 is 0 Å². The molecule has 5 nitrogen and oxygen atoms in total. The number of nitrogen functional groups attached to an aromatic ring is 1. The minimum atomic E-state index is 0. The first kappa shape index (κ1) is 18.3. The van der Waals surface area contributed by atoms with E-state index in [9.17, 15) is 4.79 Å². The standard InChI is InChI=1S/C15H18N4O.2ClH/c16-13-4-1-5-14-12(13)3-2-8-19(14)15(20)6-9-18-10-7-17-11-18;;/h1,4-5,7,10-11H,2-3,6,8-9,16H2;2*1H. The fourth-order valence-corrected chi connectivity index (χ4v) is 2.69. The predicted octanol–water partition coefficient (Wildman–Crippen LogP) is 2.68. The molecule has 0 saturated heterocycles. The van der Waals surface area contributed by atoms with Gasteiger partial charge in [0.05, 0.1) is 6.33 Å². The smallest absolute Gasteiger partial charge is 0.228 e. The van der Waals surface area contributed by atoms with Crippen LogP contribution in [0.3, 0.4) is 0 Å². The van der Waals surface area contributed by atoms with Crippen molar-refractivity contribution in [2.75, 3.05) is 17.2 Å². The molecule has 0 aliphatic carbocycles. The van der Waals surface area contributed by atoms with Gasteiger partial charge in [-0.25, -0.2) is 4.98 Å². The molecule has 0 atom stereocenters. The number of nitrogens with two attached hydrogens (primary N) is 1. The van der Waals surface area contributed by atoms with Crippen molar-refractivity contribution in [2.45, 2.75) is 25.8 Å². The van der Waals surface area contributed by atoms with Crippen LogP contribution in [0.1, 0.15) is 18.4 Å². The molecule has 1 aromatic heterocycles. The van der Waals surface area contributed by atoms with E-state index in [1.165, 1.54) is 0 Å². The van der Waals surface area contributed by atoms with E-state index in [0.29, 0.717) is 13.0 Å². The predicted molar refractivity (Wildman–Crippen MR) is 92.9 cm³/mol. The molecule has 1 aromatic carbocycles. The third kappa shape index (κ3) is 3.72. The van der Waals surface area contributed by atoms with E-state index in [0.717, 1.165) is 36.3 Å². The molecule has 7 heteroatoms. The molecule has 0 bridgehead atoms. The zero-order valence-corrected chi connectivity index (χ0v) is 13.8. The van der Waals surface area contributed by atoms with Crippen molar-refractivity contribution in [3.8, 4) is 0 Å². The minimum absolute atomic E-state index is 0. The number of benzene rings is 1. The number of carbonyl (C=O) groups excluding carboxylic acids is 1. The zero-order chi connectivity index (χ0) is 13.9. The highest BCUT2D eigenvalue weighted by atomic mass is 35.5. The van der Waals surface area contributed by atoms with E-state index in [-0.39, 0.29) is 30.7 Å². The Morgan fingerprint density at radius 1 is 1.32 bits per heavy atom. The summed E-state index contributed by atoms with van der Waals surface area (Å²) in [4.78, 5) is 18.3. The average molecular weight is 343 g/mol. The van der Waals surface area contributed by atoms with Gasteiger partial charge in [0, 0.05) is 43.3 Å². The number of imidazole rings is 1. The Labute approximate surface area is 142 Å². The summed E-state index contributed by atoms with van der Waals surface area (Å²) in [5.41, 5.74) is 8.88. The lowest BCUT2D eigenvalue weighted by molar-refractivity contribution is -0.118. The van der Waals surface area contributed by atoms with Gasteiger partial charge < -0.3 is 15.2 Å². The number of fused-ring (bicyclic) bond motifs is 1. The minimum Gasteiger partial charge on any atom is -0.398 e. The summed E-state index contributed by atoms with van der Waals surface area (Å²) in [7, 11) is 0. The number of hydrogen-bond acceptors (Lipinski definition) is 3. The first-order valence-corrected chi connectivity index (χ1v) is 6.89. The number of aryl methyl sites for hydroxylation is 1. The summed E-state index contributed by atoms with van der Waals surface area (Å²) in [6.45, 7) is 1.44. The SMILES string of the molecule is Cl.Cl.Nc1cccc2c1CCCN2C(=O)CCn1ccnc1. The molecule has 2 N–H and O–H groups in total. The molecular formula is C15H20Cl2N4O. The number of aromatic nitrogens is 2. The lowest BCUT2D eigenvalue weighted by Crippen LogP contribution is -2.36. The maximum Gasteiger partial charge on any atom is 0.228 e. The lowest BCUT2D eigenvalue weighted by atomic mass is 9.99. The largest absolute Gasteiger partial charge is 0.398 e.